The number of furan rings is 1. The lowest BCUT2D eigenvalue weighted by Crippen LogP contribution is -2.16. The summed E-state index contributed by atoms with van der Waals surface area (Å²) in [5, 5.41) is 3.49. The maximum absolute atomic E-state index is 14.1. The van der Waals surface area contributed by atoms with E-state index in [9.17, 15) is 18.8 Å². The van der Waals surface area contributed by atoms with E-state index in [4.69, 9.17) is 8.83 Å². The standard InChI is InChI=1S/C27H18FNO5/c1-14-7-10-17-20(30)13-23(33-22(17)11-14)27(32)29-24-18-5-3-4-6-21(18)34-26(24)25(31)16-9-8-15(2)19(28)12-16/h3-13H,1-2H3,(H,29,32). The monoisotopic (exact) mass is 455 g/mol. The molecular formula is C27H18FNO5. The summed E-state index contributed by atoms with van der Waals surface area (Å²) in [4.78, 5) is 38.8. The first-order valence-electron chi connectivity index (χ1n) is 10.5. The topological polar surface area (TPSA) is 89.5 Å². The molecule has 6 nitrogen and oxygen atoms in total. The SMILES string of the molecule is Cc1ccc2c(=O)cc(C(=O)Nc3c(C(=O)c4ccc(C)c(F)c4)oc4ccccc34)oc2c1. The predicted molar refractivity (Wildman–Crippen MR) is 126 cm³/mol. The number of amides is 1. The van der Waals surface area contributed by atoms with Crippen LogP contribution >= 0.6 is 0 Å². The lowest BCUT2D eigenvalue weighted by atomic mass is 10.0. The van der Waals surface area contributed by atoms with Crippen LogP contribution in [0.25, 0.3) is 21.9 Å². The molecule has 0 spiro atoms. The highest BCUT2D eigenvalue weighted by Gasteiger charge is 2.25. The van der Waals surface area contributed by atoms with Crippen LogP contribution < -0.4 is 10.7 Å². The number of para-hydroxylation sites is 1. The fourth-order valence-corrected chi connectivity index (χ4v) is 3.74. The van der Waals surface area contributed by atoms with E-state index < -0.39 is 17.5 Å². The summed E-state index contributed by atoms with van der Waals surface area (Å²) in [5.74, 6) is -2.22. The molecule has 7 heteroatoms. The number of carbonyl (C=O) groups is 2. The van der Waals surface area contributed by atoms with E-state index in [1.165, 1.54) is 12.1 Å². The lowest BCUT2D eigenvalue weighted by Gasteiger charge is -2.07. The van der Waals surface area contributed by atoms with Gasteiger partial charge in [-0.2, -0.15) is 0 Å². The molecule has 3 aromatic carbocycles. The first-order chi connectivity index (χ1) is 16.3. The summed E-state index contributed by atoms with van der Waals surface area (Å²) in [6.45, 7) is 3.44. The quantitative estimate of drug-likeness (QED) is 0.347. The number of hydrogen-bond acceptors (Lipinski definition) is 5. The van der Waals surface area contributed by atoms with Crippen molar-refractivity contribution in [3.8, 4) is 0 Å². The zero-order valence-electron chi connectivity index (χ0n) is 18.3. The van der Waals surface area contributed by atoms with Crippen LogP contribution in [-0.4, -0.2) is 11.7 Å². The maximum atomic E-state index is 14.1. The second kappa shape index (κ2) is 8.12. The van der Waals surface area contributed by atoms with Crippen molar-refractivity contribution >= 4 is 39.3 Å². The van der Waals surface area contributed by atoms with E-state index in [1.54, 1.807) is 49.4 Å². The van der Waals surface area contributed by atoms with Crippen molar-refractivity contribution in [1.82, 2.24) is 0 Å². The number of aryl methyl sites for hydroxylation is 2. The summed E-state index contributed by atoms with van der Waals surface area (Å²) in [6, 6.07) is 17.1. The van der Waals surface area contributed by atoms with Crippen molar-refractivity contribution in [2.75, 3.05) is 5.32 Å². The third-order valence-electron chi connectivity index (χ3n) is 5.58. The van der Waals surface area contributed by atoms with Crippen LogP contribution in [0.15, 0.2) is 80.4 Å². The van der Waals surface area contributed by atoms with E-state index in [1.807, 2.05) is 6.92 Å². The van der Waals surface area contributed by atoms with Crippen molar-refractivity contribution in [2.45, 2.75) is 13.8 Å². The van der Waals surface area contributed by atoms with Gasteiger partial charge >= 0.3 is 0 Å². The van der Waals surface area contributed by atoms with Gasteiger partial charge in [-0.15, -0.1) is 0 Å². The molecule has 168 valence electrons. The summed E-state index contributed by atoms with van der Waals surface area (Å²) >= 11 is 0. The maximum Gasteiger partial charge on any atom is 0.291 e. The van der Waals surface area contributed by atoms with E-state index >= 15 is 0 Å². The average molecular weight is 455 g/mol. The molecule has 0 fully saturated rings. The van der Waals surface area contributed by atoms with Crippen LogP contribution in [-0.2, 0) is 0 Å². The predicted octanol–water partition coefficient (Wildman–Crippen LogP) is 5.78. The Kier molecular flexibility index (Phi) is 5.09. The van der Waals surface area contributed by atoms with Crippen molar-refractivity contribution in [3.63, 3.8) is 0 Å². The van der Waals surface area contributed by atoms with Gasteiger partial charge in [0, 0.05) is 17.0 Å². The smallest absolute Gasteiger partial charge is 0.291 e. The third-order valence-corrected chi connectivity index (χ3v) is 5.58. The lowest BCUT2D eigenvalue weighted by molar-refractivity contribution is 0.0997. The molecule has 1 amide bonds. The summed E-state index contributed by atoms with van der Waals surface area (Å²) in [6.07, 6.45) is 0. The highest BCUT2D eigenvalue weighted by atomic mass is 19.1. The largest absolute Gasteiger partial charge is 0.451 e. The Labute approximate surface area is 192 Å². The minimum atomic E-state index is -0.726. The van der Waals surface area contributed by atoms with Crippen molar-refractivity contribution < 1.29 is 22.8 Å². The first-order valence-corrected chi connectivity index (χ1v) is 10.5. The van der Waals surface area contributed by atoms with Crippen LogP contribution in [0, 0.1) is 19.7 Å². The second-order valence-electron chi connectivity index (χ2n) is 8.02. The van der Waals surface area contributed by atoms with Gasteiger partial charge in [0.05, 0.1) is 11.1 Å². The van der Waals surface area contributed by atoms with Gasteiger partial charge in [0.2, 0.25) is 5.78 Å². The van der Waals surface area contributed by atoms with Crippen LogP contribution in [0.2, 0.25) is 0 Å². The van der Waals surface area contributed by atoms with Crippen LogP contribution in [0.5, 0.6) is 0 Å². The molecular weight excluding hydrogens is 437 g/mol. The van der Waals surface area contributed by atoms with E-state index in [-0.39, 0.29) is 33.8 Å². The fraction of sp³-hybridized carbons (Fsp3) is 0.0741. The fourth-order valence-electron chi connectivity index (χ4n) is 3.74. The Morgan fingerprint density at radius 2 is 1.65 bits per heavy atom. The van der Waals surface area contributed by atoms with Crippen molar-refractivity contribution in [1.29, 1.82) is 0 Å². The third kappa shape index (κ3) is 3.67. The number of benzene rings is 3. The van der Waals surface area contributed by atoms with Crippen molar-refractivity contribution in [2.24, 2.45) is 0 Å². The number of nitrogens with one attached hydrogen (secondary N) is 1. The number of fused-ring (bicyclic) bond motifs is 2. The summed E-state index contributed by atoms with van der Waals surface area (Å²) in [7, 11) is 0. The number of anilines is 1. The Hall–Kier alpha value is -4.52. The molecule has 0 saturated heterocycles. The molecule has 1 N–H and O–H groups in total. The van der Waals surface area contributed by atoms with Crippen molar-refractivity contribution in [3.05, 3.63) is 111 Å². The molecule has 0 saturated carbocycles. The molecule has 0 bridgehead atoms. The highest BCUT2D eigenvalue weighted by molar-refractivity contribution is 6.18. The van der Waals surface area contributed by atoms with Gasteiger partial charge < -0.3 is 14.2 Å². The van der Waals surface area contributed by atoms with Gasteiger partial charge in [0.25, 0.3) is 5.91 Å². The number of rotatable bonds is 4. The first kappa shape index (κ1) is 21.3. The van der Waals surface area contributed by atoms with E-state index in [0.717, 1.165) is 17.7 Å². The summed E-state index contributed by atoms with van der Waals surface area (Å²) in [5.41, 5.74) is 1.73. The minimum Gasteiger partial charge on any atom is -0.451 e. The Balaban J connectivity index is 1.59. The molecule has 0 atom stereocenters. The number of ketones is 1. The second-order valence-corrected chi connectivity index (χ2v) is 8.02. The highest BCUT2D eigenvalue weighted by Crippen LogP contribution is 2.33. The number of halogens is 1. The van der Waals surface area contributed by atoms with Gasteiger partial charge in [-0.25, -0.2) is 4.39 Å². The van der Waals surface area contributed by atoms with E-state index in [2.05, 4.69) is 5.32 Å². The Morgan fingerprint density at radius 1 is 0.853 bits per heavy atom. The van der Waals surface area contributed by atoms with Crippen LogP contribution in [0.1, 0.15) is 37.8 Å². The number of hydrogen-bond donors (Lipinski definition) is 1. The molecule has 0 unspecified atom stereocenters. The van der Waals surface area contributed by atoms with Gasteiger partial charge in [-0.3, -0.25) is 14.4 Å². The van der Waals surface area contributed by atoms with Crippen LogP contribution in [0.3, 0.4) is 0 Å². The van der Waals surface area contributed by atoms with Gasteiger partial charge in [0.15, 0.2) is 16.9 Å². The Bertz CT molecular complexity index is 1680. The van der Waals surface area contributed by atoms with Crippen LogP contribution in [0.4, 0.5) is 10.1 Å². The molecule has 0 aliphatic carbocycles. The summed E-state index contributed by atoms with van der Waals surface area (Å²) < 4.78 is 25.5. The average Bonchev–Trinajstić information content (AvgIpc) is 3.18. The molecule has 34 heavy (non-hydrogen) atoms. The molecule has 5 aromatic rings. The minimum absolute atomic E-state index is 0.0744. The molecule has 0 aliphatic heterocycles. The molecule has 0 aliphatic rings. The van der Waals surface area contributed by atoms with Gasteiger partial charge in [0.1, 0.15) is 17.0 Å². The normalized spacial score (nSPS) is 11.1. The zero-order valence-corrected chi connectivity index (χ0v) is 18.3. The molecule has 2 aromatic heterocycles. The zero-order chi connectivity index (χ0) is 24.0. The molecule has 0 radical (unpaired) electrons. The molecule has 5 rings (SSSR count). The van der Waals surface area contributed by atoms with Gasteiger partial charge in [-0.1, -0.05) is 30.3 Å². The van der Waals surface area contributed by atoms with Gasteiger partial charge in [-0.05, 0) is 55.3 Å². The Morgan fingerprint density at radius 3 is 2.44 bits per heavy atom. The van der Waals surface area contributed by atoms with E-state index in [0.29, 0.717) is 21.9 Å². The molecule has 2 heterocycles. The number of carbonyl (C=O) groups excluding carboxylic acids is 2.